The van der Waals surface area contributed by atoms with Gasteiger partial charge in [0.05, 0.1) is 16.9 Å². The minimum absolute atomic E-state index is 0.334. The smallest absolute Gasteiger partial charge is 0.166 e. The molecule has 2 N–H and O–H groups in total. The van der Waals surface area contributed by atoms with Gasteiger partial charge in [0.2, 0.25) is 0 Å². The molecule has 2 rings (SSSR count). The minimum Gasteiger partial charge on any atom is -0.381 e. The Labute approximate surface area is 90.2 Å². The predicted octanol–water partition coefficient (Wildman–Crippen LogP) is 2.16. The third-order valence-electron chi connectivity index (χ3n) is 1.67. The molecule has 0 unspecified atom stereocenters. The Morgan fingerprint density at radius 2 is 2.07 bits per heavy atom. The Morgan fingerprint density at radius 1 is 1.29 bits per heavy atom. The maximum Gasteiger partial charge on any atom is 0.166 e. The zero-order valence-corrected chi connectivity index (χ0v) is 8.50. The topological polar surface area (TPSA) is 56.7 Å². The molecule has 0 saturated heterocycles. The Hall–Kier alpha value is -1.26. The van der Waals surface area contributed by atoms with Gasteiger partial charge in [-0.1, -0.05) is 28.4 Å². The molecule has 1 aromatic heterocycles. The molecule has 14 heavy (non-hydrogen) atoms. The maximum absolute atomic E-state index is 5.95. The van der Waals surface area contributed by atoms with Crippen molar-refractivity contribution in [1.82, 2.24) is 15.0 Å². The molecule has 0 atom stereocenters. The van der Waals surface area contributed by atoms with Crippen LogP contribution in [0, 0.1) is 0 Å². The van der Waals surface area contributed by atoms with Crippen molar-refractivity contribution < 1.29 is 0 Å². The number of nitrogen functional groups attached to an aromatic ring is 1. The Morgan fingerprint density at radius 3 is 2.71 bits per heavy atom. The predicted molar refractivity (Wildman–Crippen MR) is 55.8 cm³/mol. The SMILES string of the molecule is Nc1cn(-c2cc(Cl)ccc2Cl)nn1. The maximum atomic E-state index is 5.95. The molecule has 1 heterocycles. The third kappa shape index (κ3) is 1.66. The second kappa shape index (κ2) is 3.48. The van der Waals surface area contributed by atoms with E-state index < -0.39 is 0 Å². The molecule has 72 valence electrons. The summed E-state index contributed by atoms with van der Waals surface area (Å²) in [6.45, 7) is 0. The molecule has 0 aliphatic carbocycles. The van der Waals surface area contributed by atoms with Crippen LogP contribution in [0.5, 0.6) is 0 Å². The quantitative estimate of drug-likeness (QED) is 0.814. The van der Waals surface area contributed by atoms with E-state index in [2.05, 4.69) is 10.3 Å². The van der Waals surface area contributed by atoms with Crippen LogP contribution in [0.4, 0.5) is 5.82 Å². The van der Waals surface area contributed by atoms with Gasteiger partial charge in [-0.05, 0) is 18.2 Å². The molecule has 0 aliphatic heterocycles. The first kappa shape index (κ1) is 9.30. The first-order valence-corrected chi connectivity index (χ1v) is 4.55. The summed E-state index contributed by atoms with van der Waals surface area (Å²) in [7, 11) is 0. The molecule has 0 aliphatic rings. The van der Waals surface area contributed by atoms with Gasteiger partial charge in [0, 0.05) is 5.02 Å². The molecule has 0 amide bonds. The van der Waals surface area contributed by atoms with Crippen LogP contribution in [0.15, 0.2) is 24.4 Å². The highest BCUT2D eigenvalue weighted by Crippen LogP contribution is 2.23. The van der Waals surface area contributed by atoms with Crippen molar-refractivity contribution in [2.24, 2.45) is 0 Å². The zero-order valence-electron chi connectivity index (χ0n) is 6.98. The molecule has 0 radical (unpaired) electrons. The summed E-state index contributed by atoms with van der Waals surface area (Å²) < 4.78 is 1.48. The number of hydrogen-bond acceptors (Lipinski definition) is 3. The molecule has 1 aromatic carbocycles. The van der Waals surface area contributed by atoms with Crippen molar-refractivity contribution in [2.45, 2.75) is 0 Å². The van der Waals surface area contributed by atoms with Gasteiger partial charge in [0.25, 0.3) is 0 Å². The first-order valence-electron chi connectivity index (χ1n) is 3.80. The number of nitrogens with two attached hydrogens (primary N) is 1. The number of nitrogens with zero attached hydrogens (tertiary/aromatic N) is 3. The number of anilines is 1. The summed E-state index contributed by atoms with van der Waals surface area (Å²) in [5.74, 6) is 0.334. The van der Waals surface area contributed by atoms with Crippen molar-refractivity contribution in [2.75, 3.05) is 5.73 Å². The summed E-state index contributed by atoms with van der Waals surface area (Å²) in [5.41, 5.74) is 6.09. The normalized spacial score (nSPS) is 10.4. The number of aromatic nitrogens is 3. The van der Waals surface area contributed by atoms with Crippen LogP contribution in [0.25, 0.3) is 5.69 Å². The second-order valence-electron chi connectivity index (χ2n) is 2.68. The van der Waals surface area contributed by atoms with Gasteiger partial charge in [-0.3, -0.25) is 0 Å². The van der Waals surface area contributed by atoms with E-state index in [4.69, 9.17) is 28.9 Å². The molecule has 0 spiro atoms. The van der Waals surface area contributed by atoms with Crippen LogP contribution in [-0.2, 0) is 0 Å². The Balaban J connectivity index is 2.55. The van der Waals surface area contributed by atoms with E-state index in [-0.39, 0.29) is 0 Å². The van der Waals surface area contributed by atoms with E-state index >= 15 is 0 Å². The van der Waals surface area contributed by atoms with E-state index in [1.54, 1.807) is 24.4 Å². The fourth-order valence-electron chi connectivity index (χ4n) is 1.06. The third-order valence-corrected chi connectivity index (χ3v) is 2.22. The second-order valence-corrected chi connectivity index (χ2v) is 3.53. The summed E-state index contributed by atoms with van der Waals surface area (Å²) in [6, 6.07) is 5.09. The van der Waals surface area contributed by atoms with E-state index in [0.717, 1.165) is 0 Å². The Bertz CT molecular complexity index is 466. The van der Waals surface area contributed by atoms with Crippen molar-refractivity contribution >= 4 is 29.0 Å². The van der Waals surface area contributed by atoms with Gasteiger partial charge >= 0.3 is 0 Å². The molecule has 6 heteroatoms. The average molecular weight is 229 g/mol. The van der Waals surface area contributed by atoms with Crippen LogP contribution in [0.1, 0.15) is 0 Å². The average Bonchev–Trinajstić information content (AvgIpc) is 2.56. The highest BCUT2D eigenvalue weighted by molar-refractivity contribution is 6.34. The lowest BCUT2D eigenvalue weighted by atomic mass is 10.3. The van der Waals surface area contributed by atoms with Crippen molar-refractivity contribution in [3.63, 3.8) is 0 Å². The largest absolute Gasteiger partial charge is 0.381 e. The number of halogens is 2. The van der Waals surface area contributed by atoms with E-state index in [0.29, 0.717) is 21.6 Å². The molecule has 0 fully saturated rings. The molecule has 0 saturated carbocycles. The number of rotatable bonds is 1. The fourth-order valence-corrected chi connectivity index (χ4v) is 1.43. The summed E-state index contributed by atoms with van der Waals surface area (Å²) >= 11 is 11.8. The monoisotopic (exact) mass is 228 g/mol. The van der Waals surface area contributed by atoms with Crippen molar-refractivity contribution in [3.05, 3.63) is 34.4 Å². The van der Waals surface area contributed by atoms with E-state index in [1.165, 1.54) is 4.68 Å². The summed E-state index contributed by atoms with van der Waals surface area (Å²) in [6.07, 6.45) is 1.57. The highest BCUT2D eigenvalue weighted by atomic mass is 35.5. The van der Waals surface area contributed by atoms with Gasteiger partial charge in [-0.15, -0.1) is 5.10 Å². The Kier molecular flexibility index (Phi) is 2.31. The lowest BCUT2D eigenvalue weighted by Crippen LogP contribution is -1.95. The number of hydrogen-bond donors (Lipinski definition) is 1. The van der Waals surface area contributed by atoms with Crippen LogP contribution in [0.3, 0.4) is 0 Å². The van der Waals surface area contributed by atoms with E-state index in [9.17, 15) is 0 Å². The van der Waals surface area contributed by atoms with Crippen LogP contribution >= 0.6 is 23.2 Å². The van der Waals surface area contributed by atoms with Crippen molar-refractivity contribution in [1.29, 1.82) is 0 Å². The lowest BCUT2D eigenvalue weighted by Gasteiger charge is -2.02. The van der Waals surface area contributed by atoms with Gasteiger partial charge in [-0.2, -0.15) is 0 Å². The number of benzene rings is 1. The molecular formula is C8H6Cl2N4. The molecule has 2 aromatic rings. The summed E-state index contributed by atoms with van der Waals surface area (Å²) in [5, 5.41) is 8.56. The highest BCUT2D eigenvalue weighted by Gasteiger charge is 2.05. The van der Waals surface area contributed by atoms with Gasteiger partial charge in [0.1, 0.15) is 0 Å². The van der Waals surface area contributed by atoms with Gasteiger partial charge in [0.15, 0.2) is 5.82 Å². The molecule has 0 bridgehead atoms. The lowest BCUT2D eigenvalue weighted by molar-refractivity contribution is 0.804. The van der Waals surface area contributed by atoms with Crippen LogP contribution < -0.4 is 5.73 Å². The van der Waals surface area contributed by atoms with Crippen molar-refractivity contribution in [3.8, 4) is 5.69 Å². The van der Waals surface area contributed by atoms with Gasteiger partial charge < -0.3 is 5.73 Å². The standard InChI is InChI=1S/C8H6Cl2N4/c9-5-1-2-6(10)7(3-5)14-4-8(11)12-13-14/h1-4H,11H2. The summed E-state index contributed by atoms with van der Waals surface area (Å²) in [4.78, 5) is 0. The molecule has 4 nitrogen and oxygen atoms in total. The van der Waals surface area contributed by atoms with E-state index in [1.807, 2.05) is 0 Å². The minimum atomic E-state index is 0.334. The zero-order chi connectivity index (χ0) is 10.1. The van der Waals surface area contributed by atoms with Gasteiger partial charge in [-0.25, -0.2) is 4.68 Å². The first-order chi connectivity index (χ1) is 6.66. The molecular weight excluding hydrogens is 223 g/mol. The van der Waals surface area contributed by atoms with Crippen LogP contribution in [0.2, 0.25) is 10.0 Å². The fraction of sp³-hybridized carbons (Fsp3) is 0. The van der Waals surface area contributed by atoms with Crippen LogP contribution in [-0.4, -0.2) is 15.0 Å².